The highest BCUT2D eigenvalue weighted by molar-refractivity contribution is 7.89. The molecule has 0 aliphatic rings. The van der Waals surface area contributed by atoms with Crippen molar-refractivity contribution in [2.75, 3.05) is 26.0 Å². The van der Waals surface area contributed by atoms with Crippen LogP contribution in [0.1, 0.15) is 13.8 Å². The Labute approximate surface area is 117 Å². The van der Waals surface area contributed by atoms with Gasteiger partial charge in [0.25, 0.3) is 0 Å². The molecule has 8 heteroatoms. The van der Waals surface area contributed by atoms with Crippen molar-refractivity contribution in [2.45, 2.75) is 24.8 Å². The first-order valence-corrected chi connectivity index (χ1v) is 7.41. The maximum absolute atomic E-state index is 13.9. The van der Waals surface area contributed by atoms with E-state index in [0.717, 1.165) is 16.4 Å². The maximum Gasteiger partial charge on any atom is 0.246 e. The van der Waals surface area contributed by atoms with Gasteiger partial charge in [0.15, 0.2) is 5.82 Å². The SMILES string of the molecule is COCCN(C(C)C)S(=O)(=O)c1ccc(F)c(N)c1F. The molecular formula is C12H18F2N2O3S. The number of anilines is 1. The summed E-state index contributed by atoms with van der Waals surface area (Å²) in [4.78, 5) is -0.638. The monoisotopic (exact) mass is 308 g/mol. The number of sulfonamides is 1. The van der Waals surface area contributed by atoms with E-state index in [4.69, 9.17) is 10.5 Å². The Kier molecular flexibility index (Phi) is 5.43. The van der Waals surface area contributed by atoms with Crippen LogP contribution >= 0.6 is 0 Å². The number of methoxy groups -OCH3 is 1. The largest absolute Gasteiger partial charge is 0.394 e. The van der Waals surface area contributed by atoms with Crippen molar-refractivity contribution >= 4 is 15.7 Å². The Morgan fingerprint density at radius 1 is 1.35 bits per heavy atom. The summed E-state index contributed by atoms with van der Waals surface area (Å²) in [5.74, 6) is -2.26. The van der Waals surface area contributed by atoms with E-state index in [1.54, 1.807) is 13.8 Å². The molecule has 5 nitrogen and oxygen atoms in total. The zero-order chi connectivity index (χ0) is 15.5. The van der Waals surface area contributed by atoms with E-state index in [2.05, 4.69) is 0 Å². The van der Waals surface area contributed by atoms with E-state index in [1.165, 1.54) is 7.11 Å². The fourth-order valence-corrected chi connectivity index (χ4v) is 3.41. The Morgan fingerprint density at radius 2 is 1.95 bits per heavy atom. The second-order valence-electron chi connectivity index (χ2n) is 4.48. The average Bonchev–Trinajstić information content (AvgIpc) is 2.35. The van der Waals surface area contributed by atoms with Gasteiger partial charge in [0.2, 0.25) is 10.0 Å². The van der Waals surface area contributed by atoms with Crippen LogP contribution in [0.4, 0.5) is 14.5 Å². The first-order chi connectivity index (χ1) is 9.23. The molecule has 0 aromatic heterocycles. The lowest BCUT2D eigenvalue weighted by atomic mass is 10.3. The van der Waals surface area contributed by atoms with Crippen molar-refractivity contribution in [3.05, 3.63) is 23.8 Å². The van der Waals surface area contributed by atoms with Gasteiger partial charge in [-0.2, -0.15) is 4.31 Å². The number of nitrogens with zero attached hydrogens (tertiary/aromatic N) is 1. The molecule has 0 aliphatic heterocycles. The Morgan fingerprint density at radius 3 is 2.45 bits per heavy atom. The molecule has 0 bridgehead atoms. The minimum Gasteiger partial charge on any atom is -0.394 e. The smallest absolute Gasteiger partial charge is 0.246 e. The summed E-state index contributed by atoms with van der Waals surface area (Å²) in [7, 11) is -2.68. The summed E-state index contributed by atoms with van der Waals surface area (Å²) >= 11 is 0. The van der Waals surface area contributed by atoms with E-state index >= 15 is 0 Å². The lowest BCUT2D eigenvalue weighted by Gasteiger charge is -2.26. The van der Waals surface area contributed by atoms with Crippen molar-refractivity contribution in [1.82, 2.24) is 4.31 Å². The summed E-state index contributed by atoms with van der Waals surface area (Å²) in [6.07, 6.45) is 0. The van der Waals surface area contributed by atoms with Gasteiger partial charge in [-0.3, -0.25) is 0 Å². The second-order valence-corrected chi connectivity index (χ2v) is 6.33. The summed E-state index contributed by atoms with van der Waals surface area (Å²) < 4.78 is 57.8. The van der Waals surface area contributed by atoms with E-state index < -0.39 is 38.3 Å². The number of nitrogens with two attached hydrogens (primary N) is 1. The molecule has 1 aromatic carbocycles. The third kappa shape index (κ3) is 3.25. The molecule has 1 aromatic rings. The number of hydrogen-bond acceptors (Lipinski definition) is 4. The van der Waals surface area contributed by atoms with E-state index in [0.29, 0.717) is 0 Å². The topological polar surface area (TPSA) is 72.6 Å². The van der Waals surface area contributed by atoms with Gasteiger partial charge >= 0.3 is 0 Å². The normalized spacial score (nSPS) is 12.3. The first kappa shape index (κ1) is 16.8. The van der Waals surface area contributed by atoms with Crippen molar-refractivity contribution in [3.8, 4) is 0 Å². The third-order valence-electron chi connectivity index (χ3n) is 2.77. The lowest BCUT2D eigenvalue weighted by Crippen LogP contribution is -2.39. The van der Waals surface area contributed by atoms with Crippen LogP contribution in [0.2, 0.25) is 0 Å². The zero-order valence-corrected chi connectivity index (χ0v) is 12.4. The number of benzene rings is 1. The van der Waals surface area contributed by atoms with Gasteiger partial charge in [0, 0.05) is 19.7 Å². The predicted octanol–water partition coefficient (Wildman–Crippen LogP) is 1.59. The molecule has 1 rings (SSSR count). The molecule has 20 heavy (non-hydrogen) atoms. The van der Waals surface area contributed by atoms with Gasteiger partial charge in [0.1, 0.15) is 16.4 Å². The first-order valence-electron chi connectivity index (χ1n) is 5.97. The molecule has 0 spiro atoms. The molecule has 0 saturated carbocycles. The summed E-state index contributed by atoms with van der Waals surface area (Å²) in [5, 5.41) is 0. The maximum atomic E-state index is 13.9. The molecule has 0 aliphatic carbocycles. The lowest BCUT2D eigenvalue weighted by molar-refractivity contribution is 0.170. The molecule has 0 atom stereocenters. The molecule has 2 N–H and O–H groups in total. The van der Waals surface area contributed by atoms with Crippen LogP contribution in [0.25, 0.3) is 0 Å². The Bertz CT molecular complexity index is 576. The van der Waals surface area contributed by atoms with Crippen LogP contribution in [0.15, 0.2) is 17.0 Å². The highest BCUT2D eigenvalue weighted by Gasteiger charge is 2.30. The van der Waals surface area contributed by atoms with Crippen LogP contribution < -0.4 is 5.73 Å². The predicted molar refractivity (Wildman–Crippen MR) is 71.7 cm³/mol. The van der Waals surface area contributed by atoms with Crippen molar-refractivity contribution in [1.29, 1.82) is 0 Å². The van der Waals surface area contributed by atoms with Crippen LogP contribution in [-0.4, -0.2) is 39.0 Å². The van der Waals surface area contributed by atoms with Crippen LogP contribution in [0, 0.1) is 11.6 Å². The summed E-state index contributed by atoms with van der Waals surface area (Å²) in [5.41, 5.74) is 4.39. The van der Waals surface area contributed by atoms with Crippen LogP contribution in [-0.2, 0) is 14.8 Å². The van der Waals surface area contributed by atoms with Gasteiger partial charge in [-0.25, -0.2) is 17.2 Å². The van der Waals surface area contributed by atoms with Crippen LogP contribution in [0.3, 0.4) is 0 Å². The van der Waals surface area contributed by atoms with Gasteiger partial charge in [-0.05, 0) is 26.0 Å². The molecule has 0 saturated heterocycles. The zero-order valence-electron chi connectivity index (χ0n) is 11.6. The molecule has 0 amide bonds. The molecule has 0 heterocycles. The number of hydrogen-bond donors (Lipinski definition) is 1. The highest BCUT2D eigenvalue weighted by Crippen LogP contribution is 2.26. The number of nitrogen functional groups attached to an aromatic ring is 1. The van der Waals surface area contributed by atoms with E-state index in [9.17, 15) is 17.2 Å². The molecular weight excluding hydrogens is 290 g/mol. The third-order valence-corrected chi connectivity index (χ3v) is 4.86. The average molecular weight is 308 g/mol. The summed E-state index contributed by atoms with van der Waals surface area (Å²) in [6.45, 7) is 3.53. The standard InChI is InChI=1S/C12H18F2N2O3S/c1-8(2)16(6-7-19-3)20(17,18)10-5-4-9(13)12(15)11(10)14/h4-5,8H,6-7,15H2,1-3H3. The summed E-state index contributed by atoms with van der Waals surface area (Å²) in [6, 6.07) is 1.30. The Hall–Kier alpha value is -1.25. The minimum atomic E-state index is -4.11. The molecule has 0 radical (unpaired) electrons. The number of rotatable bonds is 6. The molecule has 0 unspecified atom stereocenters. The van der Waals surface area contributed by atoms with Gasteiger partial charge in [0.05, 0.1) is 6.61 Å². The van der Waals surface area contributed by atoms with Gasteiger partial charge in [-0.15, -0.1) is 0 Å². The minimum absolute atomic E-state index is 0.0627. The second kappa shape index (κ2) is 6.47. The van der Waals surface area contributed by atoms with Gasteiger partial charge < -0.3 is 10.5 Å². The highest BCUT2D eigenvalue weighted by atomic mass is 32.2. The number of halogens is 2. The van der Waals surface area contributed by atoms with E-state index in [1.807, 2.05) is 0 Å². The molecule has 0 fully saturated rings. The fraction of sp³-hybridized carbons (Fsp3) is 0.500. The van der Waals surface area contributed by atoms with Gasteiger partial charge in [-0.1, -0.05) is 0 Å². The van der Waals surface area contributed by atoms with Crippen molar-refractivity contribution in [3.63, 3.8) is 0 Å². The molecule has 114 valence electrons. The van der Waals surface area contributed by atoms with Crippen molar-refractivity contribution < 1.29 is 21.9 Å². The fourth-order valence-electron chi connectivity index (χ4n) is 1.71. The van der Waals surface area contributed by atoms with Crippen molar-refractivity contribution in [2.24, 2.45) is 0 Å². The Balaban J connectivity index is 3.30. The quantitative estimate of drug-likeness (QED) is 0.810. The van der Waals surface area contributed by atoms with E-state index in [-0.39, 0.29) is 13.2 Å². The number of ether oxygens (including phenoxy) is 1. The van der Waals surface area contributed by atoms with Crippen LogP contribution in [0.5, 0.6) is 0 Å².